The van der Waals surface area contributed by atoms with Crippen molar-refractivity contribution < 1.29 is 19.0 Å². The van der Waals surface area contributed by atoms with Crippen molar-refractivity contribution in [3.8, 4) is 11.5 Å². The minimum absolute atomic E-state index is 0.0891. The fourth-order valence-electron chi connectivity index (χ4n) is 3.44. The molecule has 0 radical (unpaired) electrons. The maximum absolute atomic E-state index is 12.2. The van der Waals surface area contributed by atoms with E-state index in [4.69, 9.17) is 14.2 Å². The van der Waals surface area contributed by atoms with E-state index in [9.17, 15) is 4.79 Å². The maximum Gasteiger partial charge on any atom is 0.309 e. The zero-order valence-corrected chi connectivity index (χ0v) is 15.0. The molecule has 0 unspecified atom stereocenters. The van der Waals surface area contributed by atoms with Crippen LogP contribution in [0.25, 0.3) is 0 Å². The number of esters is 1. The summed E-state index contributed by atoms with van der Waals surface area (Å²) < 4.78 is 16.0. The van der Waals surface area contributed by atoms with Crippen LogP contribution in [-0.2, 0) is 22.4 Å². The highest BCUT2D eigenvalue weighted by atomic mass is 16.5. The number of methoxy groups -OCH3 is 2. The molecule has 2 atom stereocenters. The van der Waals surface area contributed by atoms with Crippen LogP contribution >= 0.6 is 0 Å². The number of cyclic esters (lactones) is 1. The van der Waals surface area contributed by atoms with Gasteiger partial charge in [-0.3, -0.25) is 4.79 Å². The average Bonchev–Trinajstić information content (AvgIpc) is 2.96. The predicted octanol–water partition coefficient (Wildman–Crippen LogP) is 3.59. The van der Waals surface area contributed by atoms with Gasteiger partial charge in [0.15, 0.2) is 11.5 Å². The Labute approximate surface area is 148 Å². The van der Waals surface area contributed by atoms with Gasteiger partial charge in [0.1, 0.15) is 0 Å². The molecule has 1 aliphatic heterocycles. The second-order valence-electron chi connectivity index (χ2n) is 6.52. The van der Waals surface area contributed by atoms with Crippen molar-refractivity contribution in [2.45, 2.75) is 19.8 Å². The van der Waals surface area contributed by atoms with Gasteiger partial charge in [-0.15, -0.1) is 0 Å². The molecule has 132 valence electrons. The molecule has 4 nitrogen and oxygen atoms in total. The monoisotopic (exact) mass is 340 g/mol. The summed E-state index contributed by atoms with van der Waals surface area (Å²) in [7, 11) is 3.25. The Hall–Kier alpha value is -2.49. The van der Waals surface area contributed by atoms with Gasteiger partial charge in [-0.05, 0) is 48.6 Å². The molecule has 3 rings (SSSR count). The lowest BCUT2D eigenvalue weighted by molar-refractivity contribution is -0.141. The Morgan fingerprint density at radius 2 is 1.80 bits per heavy atom. The number of benzene rings is 2. The van der Waals surface area contributed by atoms with Crippen molar-refractivity contribution in [3.05, 3.63) is 59.2 Å². The first-order chi connectivity index (χ1) is 12.1. The Morgan fingerprint density at radius 1 is 1.04 bits per heavy atom. The van der Waals surface area contributed by atoms with Crippen LogP contribution in [0.5, 0.6) is 11.5 Å². The van der Waals surface area contributed by atoms with Gasteiger partial charge < -0.3 is 14.2 Å². The highest BCUT2D eigenvalue weighted by Crippen LogP contribution is 2.33. The molecule has 2 aromatic rings. The minimum Gasteiger partial charge on any atom is -0.493 e. The predicted molar refractivity (Wildman–Crippen MR) is 96.1 cm³/mol. The average molecular weight is 340 g/mol. The zero-order chi connectivity index (χ0) is 17.8. The van der Waals surface area contributed by atoms with Crippen molar-refractivity contribution in [1.82, 2.24) is 0 Å². The number of carbonyl (C=O) groups excluding carboxylic acids is 1. The van der Waals surface area contributed by atoms with Crippen LogP contribution in [0.1, 0.15) is 16.7 Å². The van der Waals surface area contributed by atoms with E-state index >= 15 is 0 Å². The molecule has 1 heterocycles. The van der Waals surface area contributed by atoms with E-state index < -0.39 is 0 Å². The van der Waals surface area contributed by atoms with Crippen LogP contribution in [0.2, 0.25) is 0 Å². The smallest absolute Gasteiger partial charge is 0.309 e. The summed E-state index contributed by atoms with van der Waals surface area (Å²) in [6.07, 6.45) is 1.51. The molecule has 0 aliphatic carbocycles. The summed E-state index contributed by atoms with van der Waals surface area (Å²) in [5.41, 5.74) is 3.55. The molecule has 0 bridgehead atoms. The number of aryl methyl sites for hydroxylation is 1. The minimum atomic E-state index is -0.103. The SMILES string of the molecule is COc1ccc(C[C@H]2COC(=O)[C@@H]2Cc2ccccc2C)cc1OC. The third-order valence-electron chi connectivity index (χ3n) is 4.96. The van der Waals surface area contributed by atoms with Gasteiger partial charge in [0.25, 0.3) is 0 Å². The summed E-state index contributed by atoms with van der Waals surface area (Å²) in [6.45, 7) is 2.56. The molecular formula is C21H24O4. The fraction of sp³-hybridized carbons (Fsp3) is 0.381. The van der Waals surface area contributed by atoms with Crippen molar-refractivity contribution in [2.75, 3.05) is 20.8 Å². The Balaban J connectivity index is 1.77. The van der Waals surface area contributed by atoms with E-state index in [-0.39, 0.29) is 17.8 Å². The summed E-state index contributed by atoms with van der Waals surface area (Å²) >= 11 is 0. The first kappa shape index (κ1) is 17.3. The lowest BCUT2D eigenvalue weighted by Gasteiger charge is -2.17. The third kappa shape index (κ3) is 3.78. The highest BCUT2D eigenvalue weighted by Gasteiger charge is 2.37. The van der Waals surface area contributed by atoms with Crippen molar-refractivity contribution >= 4 is 5.97 Å². The van der Waals surface area contributed by atoms with Crippen molar-refractivity contribution in [2.24, 2.45) is 11.8 Å². The summed E-state index contributed by atoms with van der Waals surface area (Å²) in [5, 5.41) is 0. The molecular weight excluding hydrogens is 316 g/mol. The van der Waals surface area contributed by atoms with Gasteiger partial charge in [-0.2, -0.15) is 0 Å². The molecule has 0 spiro atoms. The van der Waals surface area contributed by atoms with E-state index in [0.29, 0.717) is 18.1 Å². The Bertz CT molecular complexity index is 753. The van der Waals surface area contributed by atoms with Gasteiger partial charge >= 0.3 is 5.97 Å². The second-order valence-corrected chi connectivity index (χ2v) is 6.52. The van der Waals surface area contributed by atoms with Crippen LogP contribution < -0.4 is 9.47 Å². The largest absolute Gasteiger partial charge is 0.493 e. The molecule has 4 heteroatoms. The highest BCUT2D eigenvalue weighted by molar-refractivity contribution is 5.75. The van der Waals surface area contributed by atoms with Gasteiger partial charge in [0, 0.05) is 5.92 Å². The van der Waals surface area contributed by atoms with Gasteiger partial charge in [0.05, 0.1) is 26.7 Å². The lowest BCUT2D eigenvalue weighted by Crippen LogP contribution is -2.21. The van der Waals surface area contributed by atoms with Crippen LogP contribution in [-0.4, -0.2) is 26.8 Å². The van der Waals surface area contributed by atoms with Gasteiger partial charge in [0.2, 0.25) is 0 Å². The van der Waals surface area contributed by atoms with Crippen molar-refractivity contribution in [1.29, 1.82) is 0 Å². The fourth-order valence-corrected chi connectivity index (χ4v) is 3.44. The number of ether oxygens (including phenoxy) is 3. The molecule has 25 heavy (non-hydrogen) atoms. The summed E-state index contributed by atoms with van der Waals surface area (Å²) in [5.74, 6) is 1.40. The number of hydrogen-bond donors (Lipinski definition) is 0. The first-order valence-corrected chi connectivity index (χ1v) is 8.54. The molecule has 1 fully saturated rings. The number of rotatable bonds is 6. The van der Waals surface area contributed by atoms with Crippen LogP contribution in [0.15, 0.2) is 42.5 Å². The molecule has 2 aromatic carbocycles. The van der Waals surface area contributed by atoms with Crippen molar-refractivity contribution in [3.63, 3.8) is 0 Å². The lowest BCUT2D eigenvalue weighted by atomic mass is 9.84. The normalized spacial score (nSPS) is 19.6. The summed E-state index contributed by atoms with van der Waals surface area (Å²) in [4.78, 5) is 12.2. The molecule has 0 aromatic heterocycles. The topological polar surface area (TPSA) is 44.8 Å². The Kier molecular flexibility index (Phi) is 5.27. The van der Waals surface area contributed by atoms with E-state index in [0.717, 1.165) is 18.4 Å². The molecule has 1 aliphatic rings. The molecule has 0 saturated carbocycles. The van der Waals surface area contributed by atoms with Crippen LogP contribution in [0.4, 0.5) is 0 Å². The van der Waals surface area contributed by atoms with E-state index in [2.05, 4.69) is 19.1 Å². The van der Waals surface area contributed by atoms with E-state index in [1.165, 1.54) is 11.1 Å². The zero-order valence-electron chi connectivity index (χ0n) is 15.0. The van der Waals surface area contributed by atoms with Gasteiger partial charge in [-0.1, -0.05) is 30.3 Å². The van der Waals surface area contributed by atoms with Crippen LogP contribution in [0.3, 0.4) is 0 Å². The standard InChI is InChI=1S/C21H24O4/c1-14-6-4-5-7-16(14)12-18-17(13-25-21(18)22)10-15-8-9-19(23-2)20(11-15)24-3/h4-9,11,17-18H,10,12-13H2,1-3H3/t17-,18+/m0/s1. The quantitative estimate of drug-likeness (QED) is 0.754. The first-order valence-electron chi connectivity index (χ1n) is 8.54. The number of carbonyl (C=O) groups is 1. The summed E-state index contributed by atoms with van der Waals surface area (Å²) in [6, 6.07) is 14.1. The van der Waals surface area contributed by atoms with E-state index in [1.54, 1.807) is 14.2 Å². The Morgan fingerprint density at radius 3 is 2.52 bits per heavy atom. The molecule has 0 N–H and O–H groups in total. The maximum atomic E-state index is 12.2. The van der Waals surface area contributed by atoms with E-state index in [1.807, 2.05) is 30.3 Å². The van der Waals surface area contributed by atoms with Gasteiger partial charge in [-0.25, -0.2) is 0 Å². The molecule has 0 amide bonds. The number of hydrogen-bond acceptors (Lipinski definition) is 4. The van der Waals surface area contributed by atoms with Crippen LogP contribution in [0, 0.1) is 18.8 Å². The third-order valence-corrected chi connectivity index (χ3v) is 4.96. The molecule has 1 saturated heterocycles. The second kappa shape index (κ2) is 7.60.